The van der Waals surface area contributed by atoms with Crippen LogP contribution in [0.2, 0.25) is 0 Å². The zero-order valence-electron chi connectivity index (χ0n) is 13.4. The maximum Gasteiger partial charge on any atom is 0.0553 e. The minimum absolute atomic E-state index is 0.304. The summed E-state index contributed by atoms with van der Waals surface area (Å²) in [5, 5.41) is 0.304. The Morgan fingerprint density at radius 3 is 1.83 bits per heavy atom. The number of hydrogen-bond acceptors (Lipinski definition) is 1. The summed E-state index contributed by atoms with van der Waals surface area (Å²) in [7, 11) is 2.21. The van der Waals surface area contributed by atoms with Gasteiger partial charge >= 0.3 is 0 Å². The molecule has 0 N–H and O–H groups in total. The van der Waals surface area contributed by atoms with Crippen molar-refractivity contribution in [3.63, 3.8) is 0 Å². The van der Waals surface area contributed by atoms with E-state index in [0.29, 0.717) is 10.8 Å². The lowest BCUT2D eigenvalue weighted by Gasteiger charge is -2.39. The molecule has 1 aliphatic heterocycles. The molecule has 108 valence electrons. The summed E-state index contributed by atoms with van der Waals surface area (Å²) in [6.07, 6.45) is 3.78. The van der Waals surface area contributed by atoms with Crippen molar-refractivity contribution in [3.8, 4) is 0 Å². The Balaban J connectivity index is 0.000000659. The van der Waals surface area contributed by atoms with Gasteiger partial charge in [0.05, 0.1) is 5.38 Å². The number of nitrogens with zero attached hydrogens (tertiary/aromatic N) is 1. The molecule has 1 unspecified atom stereocenters. The maximum atomic E-state index is 6.35. The zero-order chi connectivity index (χ0) is 14.3. The molecular formula is C16H32ClN. The minimum Gasteiger partial charge on any atom is -0.306 e. The van der Waals surface area contributed by atoms with Crippen LogP contribution in [0.5, 0.6) is 0 Å². The predicted molar refractivity (Wildman–Crippen MR) is 84.5 cm³/mol. The molecule has 1 nitrogen and oxygen atoms in total. The van der Waals surface area contributed by atoms with Crippen molar-refractivity contribution < 1.29 is 0 Å². The van der Waals surface area contributed by atoms with Gasteiger partial charge in [-0.3, -0.25) is 0 Å². The molecule has 18 heavy (non-hydrogen) atoms. The fourth-order valence-corrected chi connectivity index (χ4v) is 3.39. The van der Waals surface area contributed by atoms with E-state index in [1.165, 1.54) is 37.9 Å². The van der Waals surface area contributed by atoms with Crippen LogP contribution < -0.4 is 0 Å². The Bertz CT molecular complexity index is 262. The molecule has 0 saturated carbocycles. The third kappa shape index (κ3) is 3.74. The van der Waals surface area contributed by atoms with E-state index in [4.69, 9.17) is 11.6 Å². The fourth-order valence-electron chi connectivity index (χ4n) is 2.93. The van der Waals surface area contributed by atoms with Gasteiger partial charge in [-0.1, -0.05) is 38.8 Å². The molecule has 0 aromatic rings. The lowest BCUT2D eigenvalue weighted by Crippen LogP contribution is -2.37. The van der Waals surface area contributed by atoms with Gasteiger partial charge in [0.15, 0.2) is 0 Å². The van der Waals surface area contributed by atoms with Gasteiger partial charge < -0.3 is 4.90 Å². The third-order valence-corrected chi connectivity index (χ3v) is 4.85. The first-order valence-electron chi connectivity index (χ1n) is 7.56. The second-order valence-electron chi connectivity index (χ2n) is 5.06. The smallest absolute Gasteiger partial charge is 0.0553 e. The topological polar surface area (TPSA) is 3.24 Å². The summed E-state index contributed by atoms with van der Waals surface area (Å²) in [6, 6.07) is 0. The molecule has 1 aliphatic carbocycles. The molecule has 2 aliphatic rings. The number of alkyl halides is 1. The Kier molecular flexibility index (Phi) is 8.21. The Morgan fingerprint density at radius 2 is 1.50 bits per heavy atom. The molecule has 1 fully saturated rings. The average molecular weight is 274 g/mol. The first-order valence-corrected chi connectivity index (χ1v) is 7.99. The number of piperidine rings is 1. The van der Waals surface area contributed by atoms with Crippen LogP contribution in [0.1, 0.15) is 60.8 Å². The van der Waals surface area contributed by atoms with Crippen molar-refractivity contribution >= 4 is 11.6 Å². The van der Waals surface area contributed by atoms with Crippen LogP contribution in [0.3, 0.4) is 0 Å². The van der Waals surface area contributed by atoms with E-state index in [2.05, 4.69) is 25.8 Å². The highest BCUT2D eigenvalue weighted by molar-refractivity contribution is 6.22. The molecule has 0 aromatic heterocycles. The van der Waals surface area contributed by atoms with Crippen LogP contribution in [-0.2, 0) is 0 Å². The predicted octanol–water partition coefficient (Wildman–Crippen LogP) is 5.10. The molecule has 2 heteroatoms. The van der Waals surface area contributed by atoms with E-state index in [1.54, 1.807) is 5.57 Å². The van der Waals surface area contributed by atoms with Crippen molar-refractivity contribution in [1.82, 2.24) is 4.90 Å². The zero-order valence-corrected chi connectivity index (χ0v) is 14.2. The van der Waals surface area contributed by atoms with E-state index in [1.807, 2.05) is 27.7 Å². The Labute approximate surface area is 120 Å². The molecule has 1 atom stereocenters. The van der Waals surface area contributed by atoms with Gasteiger partial charge in [0, 0.05) is 0 Å². The van der Waals surface area contributed by atoms with E-state index >= 15 is 0 Å². The largest absolute Gasteiger partial charge is 0.306 e. The molecule has 1 saturated heterocycles. The number of hydrogen-bond donors (Lipinski definition) is 0. The summed E-state index contributed by atoms with van der Waals surface area (Å²) >= 11 is 6.35. The van der Waals surface area contributed by atoms with Crippen LogP contribution in [-0.4, -0.2) is 30.4 Å². The monoisotopic (exact) mass is 273 g/mol. The Morgan fingerprint density at radius 1 is 1.06 bits per heavy atom. The van der Waals surface area contributed by atoms with E-state index in [0.717, 1.165) is 0 Å². The SMILES string of the molecule is CC.CC.CC1=C(C)C2(CCN(C)CC2)CC1Cl. The summed E-state index contributed by atoms with van der Waals surface area (Å²) in [6.45, 7) is 15.0. The van der Waals surface area contributed by atoms with Crippen molar-refractivity contribution in [1.29, 1.82) is 0 Å². The first kappa shape index (κ1) is 18.0. The van der Waals surface area contributed by atoms with Gasteiger partial charge in [0.25, 0.3) is 0 Å². The minimum atomic E-state index is 0.304. The maximum absolute atomic E-state index is 6.35. The number of likely N-dealkylation sites (tertiary alicyclic amines) is 1. The quantitative estimate of drug-likeness (QED) is 0.438. The Hall–Kier alpha value is -0.0100. The van der Waals surface area contributed by atoms with Gasteiger partial charge in [0.1, 0.15) is 0 Å². The molecule has 0 radical (unpaired) electrons. The molecule has 2 rings (SSSR count). The summed E-state index contributed by atoms with van der Waals surface area (Å²) in [5.41, 5.74) is 3.49. The van der Waals surface area contributed by atoms with Gasteiger partial charge in [0.2, 0.25) is 0 Å². The third-order valence-electron chi connectivity index (χ3n) is 4.37. The standard InChI is InChI=1S/C12H20ClN.2C2H6/c1-9-10(2)12(8-11(9)13)4-6-14(3)7-5-12;2*1-2/h11H,4-8H2,1-3H3;2*1-2H3. The van der Waals surface area contributed by atoms with E-state index in [9.17, 15) is 0 Å². The molecule has 0 amide bonds. The van der Waals surface area contributed by atoms with Crippen molar-refractivity contribution in [2.75, 3.05) is 20.1 Å². The fraction of sp³-hybridized carbons (Fsp3) is 0.875. The highest BCUT2D eigenvalue weighted by Gasteiger charge is 2.42. The van der Waals surface area contributed by atoms with Gasteiger partial charge in [-0.15, -0.1) is 11.6 Å². The first-order chi connectivity index (χ1) is 8.55. The molecule has 1 spiro atoms. The van der Waals surface area contributed by atoms with E-state index < -0.39 is 0 Å². The number of allylic oxidation sites excluding steroid dienone is 2. The van der Waals surface area contributed by atoms with Gasteiger partial charge in [-0.05, 0) is 58.7 Å². The number of halogens is 1. The summed E-state index contributed by atoms with van der Waals surface area (Å²) in [5.74, 6) is 0. The molecule has 1 heterocycles. The van der Waals surface area contributed by atoms with Crippen molar-refractivity contribution in [2.45, 2.75) is 66.2 Å². The van der Waals surface area contributed by atoms with Gasteiger partial charge in [-0.2, -0.15) is 0 Å². The van der Waals surface area contributed by atoms with Gasteiger partial charge in [-0.25, -0.2) is 0 Å². The summed E-state index contributed by atoms with van der Waals surface area (Å²) in [4.78, 5) is 2.43. The average Bonchev–Trinajstić information content (AvgIpc) is 2.63. The van der Waals surface area contributed by atoms with Crippen LogP contribution >= 0.6 is 11.6 Å². The normalized spacial score (nSPS) is 26.3. The highest BCUT2D eigenvalue weighted by Crippen LogP contribution is 2.51. The van der Waals surface area contributed by atoms with Crippen molar-refractivity contribution in [3.05, 3.63) is 11.1 Å². The molecule has 0 bridgehead atoms. The highest BCUT2D eigenvalue weighted by atomic mass is 35.5. The molecular weight excluding hydrogens is 242 g/mol. The van der Waals surface area contributed by atoms with Crippen LogP contribution in [0.25, 0.3) is 0 Å². The number of rotatable bonds is 0. The van der Waals surface area contributed by atoms with Crippen molar-refractivity contribution in [2.24, 2.45) is 5.41 Å². The summed E-state index contributed by atoms with van der Waals surface area (Å²) < 4.78 is 0. The lowest BCUT2D eigenvalue weighted by atomic mass is 9.73. The molecule has 0 aromatic carbocycles. The lowest BCUT2D eigenvalue weighted by molar-refractivity contribution is 0.155. The van der Waals surface area contributed by atoms with E-state index in [-0.39, 0.29) is 0 Å². The van der Waals surface area contributed by atoms with Crippen LogP contribution in [0, 0.1) is 5.41 Å². The van der Waals surface area contributed by atoms with Crippen LogP contribution in [0.4, 0.5) is 0 Å². The second kappa shape index (κ2) is 8.22. The second-order valence-corrected chi connectivity index (χ2v) is 5.59. The van der Waals surface area contributed by atoms with Crippen LogP contribution in [0.15, 0.2) is 11.1 Å².